The summed E-state index contributed by atoms with van der Waals surface area (Å²) < 4.78 is 6.36. The number of nitrogens with two attached hydrogens (primary N) is 1. The number of hydrogen-bond acceptors (Lipinski definition) is 5. The number of benzene rings is 1. The first-order valence-electron chi connectivity index (χ1n) is 9.27. The first kappa shape index (κ1) is 20.4. The lowest BCUT2D eigenvalue weighted by Crippen LogP contribution is -2.41. The number of nitrogens with one attached hydrogen (secondary N) is 1. The van der Waals surface area contributed by atoms with Gasteiger partial charge in [-0.3, -0.25) is 9.78 Å². The van der Waals surface area contributed by atoms with Gasteiger partial charge in [-0.25, -0.2) is 4.79 Å². The molecule has 3 rings (SSSR count). The molecule has 1 atom stereocenters. The topological polar surface area (TPSA) is 97.5 Å². The van der Waals surface area contributed by atoms with Gasteiger partial charge in [0.2, 0.25) is 5.91 Å². The number of amides is 2. The number of nitrogens with zero attached hydrogens (tertiary/aromatic N) is 2. The third-order valence-electron chi connectivity index (χ3n) is 4.57. The van der Waals surface area contributed by atoms with Gasteiger partial charge in [-0.15, -0.1) is 0 Å². The Morgan fingerprint density at radius 1 is 1.39 bits per heavy atom. The summed E-state index contributed by atoms with van der Waals surface area (Å²) in [4.78, 5) is 31.0. The Labute approximate surface area is 172 Å². The van der Waals surface area contributed by atoms with Crippen molar-refractivity contribution < 1.29 is 14.3 Å². The van der Waals surface area contributed by atoms with E-state index in [2.05, 4.69) is 26.2 Å². The number of nitrogen functional groups attached to an aromatic ring is 1. The van der Waals surface area contributed by atoms with Crippen molar-refractivity contribution >= 4 is 50.2 Å². The molecule has 2 aromatic rings. The molecule has 0 bridgehead atoms. The third-order valence-corrected chi connectivity index (χ3v) is 5.07. The predicted octanol–water partition coefficient (Wildman–Crippen LogP) is 4.31. The molecular formula is C20H25BrN4O3. The number of carbonyl (C=O) groups is 2. The molecule has 1 aliphatic heterocycles. The summed E-state index contributed by atoms with van der Waals surface area (Å²) in [5.74, 6) is -0.203. The fourth-order valence-corrected chi connectivity index (χ4v) is 3.66. The van der Waals surface area contributed by atoms with Crippen LogP contribution in [0, 0.1) is 0 Å². The molecule has 0 unspecified atom stereocenters. The van der Waals surface area contributed by atoms with Crippen LogP contribution in [0.5, 0.6) is 0 Å². The van der Waals surface area contributed by atoms with Gasteiger partial charge in [0, 0.05) is 28.9 Å². The maximum Gasteiger partial charge on any atom is 0.410 e. The van der Waals surface area contributed by atoms with Crippen LogP contribution in [0.1, 0.15) is 40.0 Å². The van der Waals surface area contributed by atoms with E-state index in [0.717, 1.165) is 28.2 Å². The zero-order valence-corrected chi connectivity index (χ0v) is 17.9. The average molecular weight is 449 g/mol. The largest absolute Gasteiger partial charge is 0.444 e. The van der Waals surface area contributed by atoms with Gasteiger partial charge in [-0.1, -0.05) is 15.9 Å². The number of pyridine rings is 1. The molecule has 2 heterocycles. The highest BCUT2D eigenvalue weighted by Crippen LogP contribution is 2.29. The lowest BCUT2D eigenvalue weighted by molar-refractivity contribution is -0.117. The smallest absolute Gasteiger partial charge is 0.410 e. The molecular weight excluding hydrogens is 424 g/mol. The molecule has 1 fully saturated rings. The van der Waals surface area contributed by atoms with E-state index in [9.17, 15) is 9.59 Å². The molecule has 3 N–H and O–H groups in total. The molecule has 7 nitrogen and oxygen atoms in total. The number of ether oxygens (including phenoxy) is 1. The summed E-state index contributed by atoms with van der Waals surface area (Å²) in [6, 6.07) is 5.43. The summed E-state index contributed by atoms with van der Waals surface area (Å²) in [6.45, 7) is 6.09. The van der Waals surface area contributed by atoms with E-state index in [4.69, 9.17) is 10.5 Å². The highest BCUT2D eigenvalue weighted by atomic mass is 79.9. The Hall–Kier alpha value is -2.35. The van der Waals surface area contributed by atoms with E-state index in [1.165, 1.54) is 0 Å². The van der Waals surface area contributed by atoms with Crippen LogP contribution in [-0.4, -0.2) is 40.1 Å². The molecule has 1 aliphatic rings. The first-order valence-corrected chi connectivity index (χ1v) is 10.1. The number of halogens is 1. The van der Waals surface area contributed by atoms with Crippen molar-refractivity contribution in [2.45, 2.75) is 51.7 Å². The number of carbonyl (C=O) groups excluding carboxylic acids is 2. The average Bonchev–Trinajstić information content (AvgIpc) is 3.04. The van der Waals surface area contributed by atoms with Crippen molar-refractivity contribution in [3.05, 3.63) is 28.9 Å². The second-order valence-corrected chi connectivity index (χ2v) is 8.88. The number of rotatable bonds is 3. The second kappa shape index (κ2) is 7.95. The fraction of sp³-hybridized carbons (Fsp3) is 0.450. The zero-order chi connectivity index (χ0) is 20.5. The van der Waals surface area contributed by atoms with Crippen LogP contribution >= 0.6 is 15.9 Å². The molecule has 1 aromatic heterocycles. The van der Waals surface area contributed by atoms with Crippen molar-refractivity contribution in [1.29, 1.82) is 0 Å². The van der Waals surface area contributed by atoms with Gasteiger partial charge in [0.05, 0.1) is 23.1 Å². The minimum atomic E-state index is -0.563. The van der Waals surface area contributed by atoms with Gasteiger partial charge < -0.3 is 20.7 Å². The lowest BCUT2D eigenvalue weighted by atomic mass is 10.1. The molecule has 150 valence electrons. The lowest BCUT2D eigenvalue weighted by Gasteiger charge is -2.28. The SMILES string of the molecule is CC(C)(C)OC(=O)N1CCC[C@@H]1CC(=O)Nc1cnc2cc(Br)ccc2c1N. The van der Waals surface area contributed by atoms with Crippen LogP contribution in [0.4, 0.5) is 16.2 Å². The Kier molecular flexibility index (Phi) is 5.79. The van der Waals surface area contributed by atoms with E-state index >= 15 is 0 Å². The summed E-state index contributed by atoms with van der Waals surface area (Å²) in [5, 5.41) is 3.61. The van der Waals surface area contributed by atoms with E-state index in [1.54, 1.807) is 11.1 Å². The van der Waals surface area contributed by atoms with E-state index < -0.39 is 5.60 Å². The van der Waals surface area contributed by atoms with Gasteiger partial charge in [0.25, 0.3) is 0 Å². The van der Waals surface area contributed by atoms with Gasteiger partial charge in [-0.2, -0.15) is 0 Å². The van der Waals surface area contributed by atoms with E-state index in [0.29, 0.717) is 17.9 Å². The molecule has 1 saturated heterocycles. The number of likely N-dealkylation sites (tertiary alicyclic amines) is 1. The molecule has 0 radical (unpaired) electrons. The van der Waals surface area contributed by atoms with Crippen molar-refractivity contribution in [2.24, 2.45) is 0 Å². The second-order valence-electron chi connectivity index (χ2n) is 7.97. The van der Waals surface area contributed by atoms with Crippen molar-refractivity contribution in [2.75, 3.05) is 17.6 Å². The van der Waals surface area contributed by atoms with Crippen molar-refractivity contribution in [3.8, 4) is 0 Å². The summed E-state index contributed by atoms with van der Waals surface area (Å²) in [6.07, 6.45) is 3.00. The Bertz CT molecular complexity index is 910. The molecule has 0 saturated carbocycles. The van der Waals surface area contributed by atoms with Crippen LogP contribution in [0.3, 0.4) is 0 Å². The van der Waals surface area contributed by atoms with Gasteiger partial charge in [0.15, 0.2) is 0 Å². The van der Waals surface area contributed by atoms with Crippen LogP contribution in [-0.2, 0) is 9.53 Å². The van der Waals surface area contributed by atoms with Gasteiger partial charge >= 0.3 is 6.09 Å². The summed E-state index contributed by atoms with van der Waals surface area (Å²) >= 11 is 3.41. The molecule has 8 heteroatoms. The minimum absolute atomic E-state index is 0.180. The number of aromatic nitrogens is 1. The highest BCUT2D eigenvalue weighted by Gasteiger charge is 2.33. The molecule has 2 amide bonds. The quantitative estimate of drug-likeness (QED) is 0.728. The number of hydrogen-bond donors (Lipinski definition) is 2. The van der Waals surface area contributed by atoms with Crippen molar-refractivity contribution in [3.63, 3.8) is 0 Å². The van der Waals surface area contributed by atoms with Crippen LogP contribution in [0.15, 0.2) is 28.9 Å². The molecule has 28 heavy (non-hydrogen) atoms. The van der Waals surface area contributed by atoms with Gasteiger partial charge in [-0.05, 0) is 51.8 Å². The number of anilines is 2. The van der Waals surface area contributed by atoms with Crippen molar-refractivity contribution in [1.82, 2.24) is 9.88 Å². The Morgan fingerprint density at radius 2 is 2.14 bits per heavy atom. The highest BCUT2D eigenvalue weighted by molar-refractivity contribution is 9.10. The monoisotopic (exact) mass is 448 g/mol. The standard InChI is InChI=1S/C20H25BrN4O3/c1-20(2,3)28-19(27)25-8-4-5-13(25)10-17(26)24-16-11-23-15-9-12(21)6-7-14(15)18(16)22/h6-7,9,11,13H,4-5,8,10H2,1-3H3,(H2,22,23)(H,24,26)/t13-/m1/s1. The van der Waals surface area contributed by atoms with E-state index in [1.807, 2.05) is 39.0 Å². The van der Waals surface area contributed by atoms with Crippen LogP contribution < -0.4 is 11.1 Å². The Balaban J connectivity index is 1.68. The minimum Gasteiger partial charge on any atom is -0.444 e. The summed E-state index contributed by atoms with van der Waals surface area (Å²) in [5.41, 5.74) is 7.35. The maximum atomic E-state index is 12.6. The normalized spacial score (nSPS) is 17.0. The Morgan fingerprint density at radius 3 is 2.86 bits per heavy atom. The summed E-state index contributed by atoms with van der Waals surface area (Å²) in [7, 11) is 0. The predicted molar refractivity (Wildman–Crippen MR) is 113 cm³/mol. The van der Waals surface area contributed by atoms with Gasteiger partial charge in [0.1, 0.15) is 5.60 Å². The molecule has 1 aromatic carbocycles. The van der Waals surface area contributed by atoms with Crippen LogP contribution in [0.2, 0.25) is 0 Å². The van der Waals surface area contributed by atoms with E-state index in [-0.39, 0.29) is 24.5 Å². The first-order chi connectivity index (χ1) is 13.1. The third kappa shape index (κ3) is 4.73. The maximum absolute atomic E-state index is 12.6. The molecule has 0 spiro atoms. The number of fused-ring (bicyclic) bond motifs is 1. The molecule has 0 aliphatic carbocycles. The fourth-order valence-electron chi connectivity index (χ4n) is 3.31. The van der Waals surface area contributed by atoms with Crippen LogP contribution in [0.25, 0.3) is 10.9 Å². The zero-order valence-electron chi connectivity index (χ0n) is 16.3.